The van der Waals surface area contributed by atoms with E-state index in [1.807, 2.05) is 30.3 Å². The van der Waals surface area contributed by atoms with Crippen LogP contribution in [0.5, 0.6) is 11.5 Å². The van der Waals surface area contributed by atoms with Gasteiger partial charge in [-0.1, -0.05) is 18.2 Å². The Morgan fingerprint density at radius 2 is 1.62 bits per heavy atom. The molecule has 120 valence electrons. The number of nitrogens with one attached hydrogen (secondary N) is 2. The summed E-state index contributed by atoms with van der Waals surface area (Å²) in [5.74, 6) is 0.958. The predicted molar refractivity (Wildman–Crippen MR) is 92.7 cm³/mol. The minimum absolute atomic E-state index is 0.113. The molecule has 0 saturated carbocycles. The Kier molecular flexibility index (Phi) is 4.43. The fourth-order valence-electron chi connectivity index (χ4n) is 2.28. The van der Waals surface area contributed by atoms with Crippen LogP contribution in [0.4, 0.5) is 5.69 Å². The van der Waals surface area contributed by atoms with E-state index in [1.54, 1.807) is 37.3 Å². The quantitative estimate of drug-likeness (QED) is 0.769. The highest BCUT2D eigenvalue weighted by Crippen LogP contribution is 2.22. The zero-order valence-electron chi connectivity index (χ0n) is 13.1. The Bertz CT molecular complexity index is 900. The molecule has 3 aromatic rings. The van der Waals surface area contributed by atoms with Gasteiger partial charge in [0.25, 0.3) is 11.5 Å². The van der Waals surface area contributed by atoms with Crippen LogP contribution in [-0.4, -0.2) is 10.9 Å². The van der Waals surface area contributed by atoms with Crippen molar-refractivity contribution in [3.05, 3.63) is 88.3 Å². The first kappa shape index (κ1) is 15.6. The zero-order valence-corrected chi connectivity index (χ0v) is 13.1. The molecule has 0 fully saturated rings. The van der Waals surface area contributed by atoms with E-state index < -0.39 is 11.5 Å². The number of carbonyl (C=O) groups excluding carboxylic acids is 1. The molecule has 5 heteroatoms. The standard InChI is InChI=1S/C19H16N2O3/c1-13-11-12-20-18(22)17(13)19(23)21-14-7-9-16(10-8-14)24-15-5-3-2-4-6-15/h2-12H,1H3,(H,20,22)(H,21,23). The van der Waals surface area contributed by atoms with Crippen LogP contribution < -0.4 is 15.6 Å². The highest BCUT2D eigenvalue weighted by molar-refractivity contribution is 6.04. The summed E-state index contributed by atoms with van der Waals surface area (Å²) < 4.78 is 5.69. The number of benzene rings is 2. The molecule has 0 aliphatic heterocycles. The first-order chi connectivity index (χ1) is 11.6. The molecule has 24 heavy (non-hydrogen) atoms. The monoisotopic (exact) mass is 320 g/mol. The first-order valence-electron chi connectivity index (χ1n) is 7.46. The van der Waals surface area contributed by atoms with Crippen molar-refractivity contribution in [1.82, 2.24) is 4.98 Å². The van der Waals surface area contributed by atoms with Crippen molar-refractivity contribution < 1.29 is 9.53 Å². The number of carbonyl (C=O) groups is 1. The van der Waals surface area contributed by atoms with Gasteiger partial charge in [0.05, 0.1) is 0 Å². The lowest BCUT2D eigenvalue weighted by molar-refractivity contribution is 0.102. The number of anilines is 1. The van der Waals surface area contributed by atoms with Gasteiger partial charge in [-0.3, -0.25) is 9.59 Å². The second-order valence-electron chi connectivity index (χ2n) is 5.26. The number of aryl methyl sites for hydroxylation is 1. The Morgan fingerprint density at radius 3 is 2.29 bits per heavy atom. The van der Waals surface area contributed by atoms with E-state index in [0.717, 1.165) is 5.75 Å². The number of hydrogen-bond donors (Lipinski definition) is 2. The first-order valence-corrected chi connectivity index (χ1v) is 7.46. The summed E-state index contributed by atoms with van der Waals surface area (Å²) in [5.41, 5.74) is 0.919. The van der Waals surface area contributed by atoms with E-state index in [0.29, 0.717) is 17.0 Å². The smallest absolute Gasteiger partial charge is 0.261 e. The molecule has 0 bridgehead atoms. The van der Waals surface area contributed by atoms with E-state index >= 15 is 0 Å². The third kappa shape index (κ3) is 3.52. The Hall–Kier alpha value is -3.34. The van der Waals surface area contributed by atoms with Crippen molar-refractivity contribution in [2.75, 3.05) is 5.32 Å². The maximum Gasteiger partial charge on any atom is 0.261 e. The minimum Gasteiger partial charge on any atom is -0.457 e. The van der Waals surface area contributed by atoms with E-state index in [9.17, 15) is 9.59 Å². The number of ether oxygens (including phenoxy) is 1. The average Bonchev–Trinajstić information content (AvgIpc) is 2.57. The van der Waals surface area contributed by atoms with Crippen LogP contribution in [-0.2, 0) is 0 Å². The summed E-state index contributed by atoms with van der Waals surface area (Å²) in [6.07, 6.45) is 1.52. The lowest BCUT2D eigenvalue weighted by atomic mass is 10.1. The van der Waals surface area contributed by atoms with E-state index in [1.165, 1.54) is 6.20 Å². The summed E-state index contributed by atoms with van der Waals surface area (Å²) in [5, 5.41) is 2.72. The molecule has 0 unspecified atom stereocenters. The van der Waals surface area contributed by atoms with Gasteiger partial charge in [-0.2, -0.15) is 0 Å². The van der Waals surface area contributed by atoms with Crippen molar-refractivity contribution in [2.45, 2.75) is 6.92 Å². The molecule has 0 aliphatic rings. The van der Waals surface area contributed by atoms with Gasteiger partial charge in [0.2, 0.25) is 0 Å². The summed E-state index contributed by atoms with van der Waals surface area (Å²) >= 11 is 0. The molecule has 1 heterocycles. The number of aromatic amines is 1. The number of hydrogen-bond acceptors (Lipinski definition) is 3. The number of amides is 1. The van der Waals surface area contributed by atoms with Gasteiger partial charge in [0.1, 0.15) is 17.1 Å². The molecule has 0 radical (unpaired) electrons. The molecule has 3 rings (SSSR count). The highest BCUT2D eigenvalue weighted by atomic mass is 16.5. The summed E-state index contributed by atoms with van der Waals surface area (Å²) in [4.78, 5) is 26.6. The van der Waals surface area contributed by atoms with Crippen molar-refractivity contribution in [3.63, 3.8) is 0 Å². The van der Waals surface area contributed by atoms with E-state index in [4.69, 9.17) is 4.74 Å². The lowest BCUT2D eigenvalue weighted by Crippen LogP contribution is -2.24. The third-order valence-corrected chi connectivity index (χ3v) is 3.49. The molecule has 2 aromatic carbocycles. The fourth-order valence-corrected chi connectivity index (χ4v) is 2.28. The molecule has 1 aromatic heterocycles. The van der Waals surface area contributed by atoms with Crippen LogP contribution in [0.1, 0.15) is 15.9 Å². The SMILES string of the molecule is Cc1cc[nH]c(=O)c1C(=O)Nc1ccc(Oc2ccccc2)cc1. The maximum atomic E-state index is 12.3. The number of H-pyrrole nitrogens is 1. The Morgan fingerprint density at radius 1 is 0.958 bits per heavy atom. The normalized spacial score (nSPS) is 10.2. The Labute approximate surface area is 138 Å². The zero-order chi connectivity index (χ0) is 16.9. The topological polar surface area (TPSA) is 71.2 Å². The maximum absolute atomic E-state index is 12.3. The van der Waals surface area contributed by atoms with Gasteiger partial charge >= 0.3 is 0 Å². The van der Waals surface area contributed by atoms with E-state index in [-0.39, 0.29) is 5.56 Å². The number of aromatic nitrogens is 1. The molecule has 0 spiro atoms. The largest absolute Gasteiger partial charge is 0.457 e. The van der Waals surface area contributed by atoms with Gasteiger partial charge in [0, 0.05) is 11.9 Å². The van der Waals surface area contributed by atoms with Crippen LogP contribution in [0, 0.1) is 6.92 Å². The average molecular weight is 320 g/mol. The molecular weight excluding hydrogens is 304 g/mol. The molecule has 5 nitrogen and oxygen atoms in total. The van der Waals surface area contributed by atoms with Gasteiger partial charge in [-0.25, -0.2) is 0 Å². The summed E-state index contributed by atoms with van der Waals surface area (Å²) in [6.45, 7) is 1.72. The van der Waals surface area contributed by atoms with Crippen molar-refractivity contribution >= 4 is 11.6 Å². The van der Waals surface area contributed by atoms with Gasteiger partial charge in [-0.05, 0) is 55.0 Å². The second kappa shape index (κ2) is 6.83. The van der Waals surface area contributed by atoms with Crippen molar-refractivity contribution in [3.8, 4) is 11.5 Å². The molecule has 2 N–H and O–H groups in total. The summed E-state index contributed by atoms with van der Waals surface area (Å²) in [7, 11) is 0. The van der Waals surface area contributed by atoms with Crippen LogP contribution >= 0.6 is 0 Å². The third-order valence-electron chi connectivity index (χ3n) is 3.49. The second-order valence-corrected chi connectivity index (χ2v) is 5.26. The summed E-state index contributed by atoms with van der Waals surface area (Å²) in [6, 6.07) is 18.1. The van der Waals surface area contributed by atoms with Crippen LogP contribution in [0.25, 0.3) is 0 Å². The number of pyridine rings is 1. The van der Waals surface area contributed by atoms with E-state index in [2.05, 4.69) is 10.3 Å². The molecule has 0 aliphatic carbocycles. The van der Waals surface area contributed by atoms with Gasteiger partial charge < -0.3 is 15.0 Å². The Balaban J connectivity index is 1.72. The van der Waals surface area contributed by atoms with Crippen LogP contribution in [0.2, 0.25) is 0 Å². The lowest BCUT2D eigenvalue weighted by Gasteiger charge is -2.09. The van der Waals surface area contributed by atoms with Crippen molar-refractivity contribution in [1.29, 1.82) is 0 Å². The highest BCUT2D eigenvalue weighted by Gasteiger charge is 2.13. The van der Waals surface area contributed by atoms with Crippen LogP contribution in [0.3, 0.4) is 0 Å². The molecular formula is C19H16N2O3. The molecule has 1 amide bonds. The predicted octanol–water partition coefficient (Wildman–Crippen LogP) is 3.73. The number of para-hydroxylation sites is 1. The fraction of sp³-hybridized carbons (Fsp3) is 0.0526. The van der Waals surface area contributed by atoms with Crippen molar-refractivity contribution in [2.24, 2.45) is 0 Å². The van der Waals surface area contributed by atoms with Gasteiger partial charge in [-0.15, -0.1) is 0 Å². The molecule has 0 saturated heterocycles. The molecule has 0 atom stereocenters. The minimum atomic E-state index is -0.439. The van der Waals surface area contributed by atoms with Gasteiger partial charge in [0.15, 0.2) is 0 Å². The number of rotatable bonds is 4. The van der Waals surface area contributed by atoms with Crippen LogP contribution in [0.15, 0.2) is 71.7 Å².